The minimum atomic E-state index is -0.725. The molecule has 2 aromatic rings. The van der Waals surface area contributed by atoms with Crippen molar-refractivity contribution in [3.8, 4) is 6.07 Å². The van der Waals surface area contributed by atoms with Gasteiger partial charge in [0.15, 0.2) is 6.61 Å². The molecule has 0 aliphatic carbocycles. The summed E-state index contributed by atoms with van der Waals surface area (Å²) in [5.74, 6) is -1.70. The standard InChI is InChI=1S/C17H13ClFN3O3/c18-15-7-2-12(10-21-15)17(24)25-11-16(23)22(9-1-8-20)14-5-3-13(19)4-6-14/h2-7,10H,1,9,11H2. The highest BCUT2D eigenvalue weighted by atomic mass is 35.5. The molecule has 6 nitrogen and oxygen atoms in total. The molecule has 1 aromatic heterocycles. The maximum Gasteiger partial charge on any atom is 0.340 e. The normalized spacial score (nSPS) is 9.96. The predicted octanol–water partition coefficient (Wildman–Crippen LogP) is 2.98. The van der Waals surface area contributed by atoms with Crippen molar-refractivity contribution < 1.29 is 18.7 Å². The highest BCUT2D eigenvalue weighted by Crippen LogP contribution is 2.16. The first-order valence-corrected chi connectivity index (χ1v) is 7.60. The molecule has 0 atom stereocenters. The van der Waals surface area contributed by atoms with Crippen molar-refractivity contribution in [2.45, 2.75) is 6.42 Å². The highest BCUT2D eigenvalue weighted by molar-refractivity contribution is 6.29. The van der Waals surface area contributed by atoms with E-state index >= 15 is 0 Å². The Morgan fingerprint density at radius 1 is 1.24 bits per heavy atom. The van der Waals surface area contributed by atoms with Crippen LogP contribution in [0.5, 0.6) is 0 Å². The molecule has 8 heteroatoms. The van der Waals surface area contributed by atoms with Crippen molar-refractivity contribution in [2.24, 2.45) is 0 Å². The topological polar surface area (TPSA) is 83.3 Å². The van der Waals surface area contributed by atoms with E-state index in [2.05, 4.69) is 4.98 Å². The number of halogens is 2. The number of nitrogens with zero attached hydrogens (tertiary/aromatic N) is 3. The average Bonchev–Trinajstić information content (AvgIpc) is 2.62. The second kappa shape index (κ2) is 8.76. The minimum Gasteiger partial charge on any atom is -0.452 e. The number of rotatable bonds is 6. The molecule has 0 bridgehead atoms. The number of anilines is 1. The largest absolute Gasteiger partial charge is 0.452 e. The lowest BCUT2D eigenvalue weighted by molar-refractivity contribution is -0.121. The van der Waals surface area contributed by atoms with Crippen LogP contribution in [-0.2, 0) is 9.53 Å². The van der Waals surface area contributed by atoms with Gasteiger partial charge in [-0.3, -0.25) is 4.79 Å². The van der Waals surface area contributed by atoms with Gasteiger partial charge in [0, 0.05) is 18.4 Å². The first-order valence-electron chi connectivity index (χ1n) is 7.23. The van der Waals surface area contributed by atoms with E-state index in [1.807, 2.05) is 6.07 Å². The van der Waals surface area contributed by atoms with Gasteiger partial charge in [0.2, 0.25) is 0 Å². The average molecular weight is 362 g/mol. The van der Waals surface area contributed by atoms with E-state index in [0.717, 1.165) is 0 Å². The Morgan fingerprint density at radius 2 is 1.96 bits per heavy atom. The second-order valence-corrected chi connectivity index (χ2v) is 5.26. The maximum atomic E-state index is 13.0. The molecule has 1 heterocycles. The molecule has 0 aliphatic rings. The molecular weight excluding hydrogens is 349 g/mol. The number of hydrogen-bond acceptors (Lipinski definition) is 5. The zero-order valence-electron chi connectivity index (χ0n) is 13.0. The number of nitriles is 1. The summed E-state index contributed by atoms with van der Waals surface area (Å²) in [5.41, 5.74) is 0.563. The van der Waals surface area contributed by atoms with Crippen LogP contribution in [0.15, 0.2) is 42.6 Å². The van der Waals surface area contributed by atoms with Crippen LogP contribution >= 0.6 is 11.6 Å². The lowest BCUT2D eigenvalue weighted by Gasteiger charge is -2.21. The van der Waals surface area contributed by atoms with Crippen molar-refractivity contribution in [1.82, 2.24) is 4.98 Å². The zero-order valence-corrected chi connectivity index (χ0v) is 13.7. The summed E-state index contributed by atoms with van der Waals surface area (Å²) in [6.45, 7) is -0.425. The van der Waals surface area contributed by atoms with Crippen LogP contribution in [0.4, 0.5) is 10.1 Å². The van der Waals surface area contributed by atoms with Gasteiger partial charge in [0.1, 0.15) is 11.0 Å². The molecule has 0 aliphatic heterocycles. The van der Waals surface area contributed by atoms with Crippen LogP contribution in [0.1, 0.15) is 16.8 Å². The third-order valence-corrected chi connectivity index (χ3v) is 3.40. The van der Waals surface area contributed by atoms with Crippen molar-refractivity contribution in [3.63, 3.8) is 0 Å². The van der Waals surface area contributed by atoms with E-state index in [-0.39, 0.29) is 23.7 Å². The Morgan fingerprint density at radius 3 is 2.56 bits per heavy atom. The Balaban J connectivity index is 2.03. The van der Waals surface area contributed by atoms with Crippen LogP contribution in [0.3, 0.4) is 0 Å². The first-order chi connectivity index (χ1) is 12.0. The number of ether oxygens (including phenoxy) is 1. The van der Waals surface area contributed by atoms with Crippen molar-refractivity contribution in [1.29, 1.82) is 5.26 Å². The summed E-state index contributed by atoms with van der Waals surface area (Å²) in [4.78, 5) is 29.2. The van der Waals surface area contributed by atoms with Gasteiger partial charge in [-0.15, -0.1) is 0 Å². The third kappa shape index (κ3) is 5.26. The Bertz CT molecular complexity index is 788. The smallest absolute Gasteiger partial charge is 0.340 e. The molecule has 1 aromatic carbocycles. The summed E-state index contributed by atoms with van der Waals surface area (Å²) in [7, 11) is 0. The van der Waals surface area contributed by atoms with E-state index in [9.17, 15) is 14.0 Å². The Labute approximate surface area is 148 Å². The summed E-state index contributed by atoms with van der Waals surface area (Å²) in [6.07, 6.45) is 1.32. The molecule has 0 unspecified atom stereocenters. The number of hydrogen-bond donors (Lipinski definition) is 0. The van der Waals surface area contributed by atoms with E-state index in [4.69, 9.17) is 21.6 Å². The van der Waals surface area contributed by atoms with E-state index < -0.39 is 24.3 Å². The van der Waals surface area contributed by atoms with Gasteiger partial charge in [0.25, 0.3) is 5.91 Å². The maximum absolute atomic E-state index is 13.0. The van der Waals surface area contributed by atoms with E-state index in [1.54, 1.807) is 0 Å². The third-order valence-electron chi connectivity index (χ3n) is 3.18. The van der Waals surface area contributed by atoms with Crippen LogP contribution < -0.4 is 4.90 Å². The number of pyridine rings is 1. The molecule has 0 spiro atoms. The molecule has 0 radical (unpaired) electrons. The second-order valence-electron chi connectivity index (χ2n) is 4.88. The highest BCUT2D eigenvalue weighted by Gasteiger charge is 2.18. The van der Waals surface area contributed by atoms with Crippen LogP contribution in [0, 0.1) is 17.1 Å². The van der Waals surface area contributed by atoms with Gasteiger partial charge >= 0.3 is 5.97 Å². The zero-order chi connectivity index (χ0) is 18.2. The number of carbonyl (C=O) groups excluding carboxylic acids is 2. The van der Waals surface area contributed by atoms with Crippen LogP contribution in [0.2, 0.25) is 5.15 Å². The summed E-state index contributed by atoms with van der Waals surface area (Å²) < 4.78 is 18.0. The Kier molecular flexibility index (Phi) is 6.43. The number of carbonyl (C=O) groups is 2. The summed E-state index contributed by atoms with van der Waals surface area (Å²) in [5, 5.41) is 8.95. The predicted molar refractivity (Wildman–Crippen MR) is 88.5 cm³/mol. The minimum absolute atomic E-state index is 0.0815. The van der Waals surface area contributed by atoms with E-state index in [0.29, 0.717) is 5.69 Å². The monoisotopic (exact) mass is 361 g/mol. The number of esters is 1. The fraction of sp³-hybridized carbons (Fsp3) is 0.176. The van der Waals surface area contributed by atoms with Gasteiger partial charge in [0.05, 0.1) is 18.1 Å². The summed E-state index contributed by atoms with van der Waals surface area (Å²) >= 11 is 5.64. The fourth-order valence-electron chi connectivity index (χ4n) is 1.97. The van der Waals surface area contributed by atoms with Crippen LogP contribution in [0.25, 0.3) is 0 Å². The first kappa shape index (κ1) is 18.4. The number of amides is 1. The molecule has 0 saturated heterocycles. The SMILES string of the molecule is N#CCCN(C(=O)COC(=O)c1ccc(Cl)nc1)c1ccc(F)cc1. The molecular formula is C17H13ClFN3O3. The molecule has 128 valence electrons. The van der Waals surface area contributed by atoms with Gasteiger partial charge in [-0.2, -0.15) is 5.26 Å². The fourth-order valence-corrected chi connectivity index (χ4v) is 2.08. The van der Waals surface area contributed by atoms with Gasteiger partial charge in [-0.1, -0.05) is 11.6 Å². The molecule has 25 heavy (non-hydrogen) atoms. The van der Waals surface area contributed by atoms with Crippen LogP contribution in [-0.4, -0.2) is 30.0 Å². The van der Waals surface area contributed by atoms with Crippen molar-refractivity contribution >= 4 is 29.2 Å². The lowest BCUT2D eigenvalue weighted by Crippen LogP contribution is -2.35. The van der Waals surface area contributed by atoms with Gasteiger partial charge < -0.3 is 9.64 Å². The van der Waals surface area contributed by atoms with Gasteiger partial charge in [-0.25, -0.2) is 14.2 Å². The molecule has 0 N–H and O–H groups in total. The summed E-state index contributed by atoms with van der Waals surface area (Å²) in [6, 6.07) is 10.0. The van der Waals surface area contributed by atoms with E-state index in [1.165, 1.54) is 47.5 Å². The number of aromatic nitrogens is 1. The van der Waals surface area contributed by atoms with Crippen molar-refractivity contribution in [3.05, 3.63) is 59.1 Å². The quantitative estimate of drug-likeness (QED) is 0.583. The lowest BCUT2D eigenvalue weighted by atomic mass is 10.2. The Hall–Kier alpha value is -2.98. The number of benzene rings is 1. The van der Waals surface area contributed by atoms with Gasteiger partial charge in [-0.05, 0) is 36.4 Å². The van der Waals surface area contributed by atoms with Crippen molar-refractivity contribution in [2.75, 3.05) is 18.1 Å². The molecule has 1 amide bonds. The molecule has 0 saturated carbocycles. The molecule has 0 fully saturated rings. The molecule has 2 rings (SSSR count).